The summed E-state index contributed by atoms with van der Waals surface area (Å²) in [6.07, 6.45) is 3.36. The van der Waals surface area contributed by atoms with Gasteiger partial charge in [0.15, 0.2) is 0 Å². The smallest absolute Gasteiger partial charge is 0.306 e. The largest absolute Gasteiger partial charge is 0.481 e. The second kappa shape index (κ2) is 8.54. The number of hydrogen-bond donors (Lipinski definition) is 1. The Bertz CT molecular complexity index is 614. The van der Waals surface area contributed by atoms with Crippen LogP contribution in [0.3, 0.4) is 0 Å². The lowest BCUT2D eigenvalue weighted by molar-refractivity contribution is -0.146. The Hall–Kier alpha value is -2.08. The molecule has 0 saturated carbocycles. The fourth-order valence-corrected chi connectivity index (χ4v) is 4.01. The van der Waals surface area contributed by atoms with Crippen molar-refractivity contribution in [3.05, 3.63) is 30.3 Å². The molecule has 2 saturated heterocycles. The average Bonchev–Trinajstić information content (AvgIpc) is 2.68. The first kappa shape index (κ1) is 18.7. The summed E-state index contributed by atoms with van der Waals surface area (Å²) in [6.45, 7) is 3.53. The number of likely N-dealkylation sites (tertiary alicyclic amines) is 1. The van der Waals surface area contributed by atoms with E-state index in [1.54, 1.807) is 0 Å². The quantitative estimate of drug-likeness (QED) is 0.870. The molecule has 3 rings (SSSR count). The van der Waals surface area contributed by atoms with Crippen LogP contribution in [0, 0.1) is 5.92 Å². The third kappa shape index (κ3) is 4.55. The molecule has 0 spiro atoms. The Morgan fingerprint density at radius 2 is 1.81 bits per heavy atom. The monoisotopic (exact) mass is 359 g/mol. The van der Waals surface area contributed by atoms with Crippen LogP contribution in [-0.4, -0.2) is 72.6 Å². The van der Waals surface area contributed by atoms with Crippen molar-refractivity contribution in [1.82, 2.24) is 9.80 Å². The standard InChI is InChI=1S/C20H29N3O3/c1-21(15-19(24)22-12-9-16(10-13-22)20(25)26)18-8-5-11-23(14-18)17-6-3-2-4-7-17/h2-4,6-7,16,18H,5,8-15H2,1H3,(H,25,26)/t18-/m0/s1. The van der Waals surface area contributed by atoms with Crippen molar-refractivity contribution < 1.29 is 14.7 Å². The Labute approximate surface area is 155 Å². The van der Waals surface area contributed by atoms with Gasteiger partial charge in [0.05, 0.1) is 12.5 Å². The van der Waals surface area contributed by atoms with Gasteiger partial charge in [-0.15, -0.1) is 0 Å². The number of para-hydroxylation sites is 1. The first-order valence-corrected chi connectivity index (χ1v) is 9.55. The van der Waals surface area contributed by atoms with Gasteiger partial charge in [-0.3, -0.25) is 14.5 Å². The summed E-state index contributed by atoms with van der Waals surface area (Å²) < 4.78 is 0. The van der Waals surface area contributed by atoms with Gasteiger partial charge in [-0.05, 0) is 44.9 Å². The van der Waals surface area contributed by atoms with E-state index < -0.39 is 5.97 Å². The van der Waals surface area contributed by atoms with Crippen molar-refractivity contribution in [2.75, 3.05) is 44.7 Å². The van der Waals surface area contributed by atoms with Crippen LogP contribution in [0.15, 0.2) is 30.3 Å². The third-order valence-corrected chi connectivity index (χ3v) is 5.72. The number of nitrogens with zero attached hydrogens (tertiary/aromatic N) is 3. The second-order valence-electron chi connectivity index (χ2n) is 7.49. The fourth-order valence-electron chi connectivity index (χ4n) is 4.01. The highest BCUT2D eigenvalue weighted by molar-refractivity contribution is 5.79. The Morgan fingerprint density at radius 3 is 2.46 bits per heavy atom. The van der Waals surface area contributed by atoms with E-state index in [1.807, 2.05) is 18.0 Å². The van der Waals surface area contributed by atoms with Gasteiger partial charge in [-0.2, -0.15) is 0 Å². The number of likely N-dealkylation sites (N-methyl/N-ethyl adjacent to an activating group) is 1. The Morgan fingerprint density at radius 1 is 1.12 bits per heavy atom. The predicted molar refractivity (Wildman–Crippen MR) is 101 cm³/mol. The Kier molecular flexibility index (Phi) is 6.14. The summed E-state index contributed by atoms with van der Waals surface area (Å²) in [5.41, 5.74) is 1.24. The molecule has 2 heterocycles. The molecule has 1 aromatic rings. The van der Waals surface area contributed by atoms with Gasteiger partial charge in [0, 0.05) is 37.9 Å². The van der Waals surface area contributed by atoms with Gasteiger partial charge in [-0.1, -0.05) is 18.2 Å². The molecule has 0 radical (unpaired) electrons. The van der Waals surface area contributed by atoms with Crippen LogP contribution in [-0.2, 0) is 9.59 Å². The van der Waals surface area contributed by atoms with Gasteiger partial charge in [0.1, 0.15) is 0 Å². The number of carboxylic acid groups (broad SMARTS) is 1. The van der Waals surface area contributed by atoms with E-state index in [0.717, 1.165) is 25.9 Å². The maximum absolute atomic E-state index is 12.6. The summed E-state index contributed by atoms with van der Waals surface area (Å²) in [5.74, 6) is -0.917. The zero-order chi connectivity index (χ0) is 18.5. The zero-order valence-corrected chi connectivity index (χ0v) is 15.5. The number of benzene rings is 1. The topological polar surface area (TPSA) is 64.1 Å². The summed E-state index contributed by atoms with van der Waals surface area (Å²) in [5, 5.41) is 9.08. The number of anilines is 1. The van der Waals surface area contributed by atoms with Crippen LogP contribution in [0.4, 0.5) is 5.69 Å². The van der Waals surface area contributed by atoms with Crippen molar-refractivity contribution in [3.8, 4) is 0 Å². The molecule has 26 heavy (non-hydrogen) atoms. The van der Waals surface area contributed by atoms with Gasteiger partial charge in [0.2, 0.25) is 5.91 Å². The van der Waals surface area contributed by atoms with Crippen molar-refractivity contribution >= 4 is 17.6 Å². The molecule has 2 aliphatic rings. The maximum Gasteiger partial charge on any atom is 0.306 e. The molecule has 0 aromatic heterocycles. The molecule has 1 amide bonds. The van der Waals surface area contributed by atoms with Crippen LogP contribution in [0.25, 0.3) is 0 Å². The highest BCUT2D eigenvalue weighted by Gasteiger charge is 2.29. The molecule has 2 fully saturated rings. The first-order chi connectivity index (χ1) is 12.5. The minimum Gasteiger partial charge on any atom is -0.481 e. The highest BCUT2D eigenvalue weighted by atomic mass is 16.4. The number of rotatable bonds is 5. The van der Waals surface area contributed by atoms with Crippen molar-refractivity contribution in [2.24, 2.45) is 5.92 Å². The molecular weight excluding hydrogens is 330 g/mol. The average molecular weight is 359 g/mol. The zero-order valence-electron chi connectivity index (χ0n) is 15.5. The number of amides is 1. The lowest BCUT2D eigenvalue weighted by atomic mass is 9.97. The third-order valence-electron chi connectivity index (χ3n) is 5.72. The molecule has 0 unspecified atom stereocenters. The molecule has 142 valence electrons. The van der Waals surface area contributed by atoms with E-state index in [2.05, 4.69) is 34.1 Å². The summed E-state index contributed by atoms with van der Waals surface area (Å²) in [7, 11) is 2.03. The van der Waals surface area contributed by atoms with E-state index in [0.29, 0.717) is 38.5 Å². The molecular formula is C20H29N3O3. The number of hydrogen-bond acceptors (Lipinski definition) is 4. The maximum atomic E-state index is 12.6. The fraction of sp³-hybridized carbons (Fsp3) is 0.600. The van der Waals surface area contributed by atoms with Gasteiger partial charge in [0.25, 0.3) is 0 Å². The second-order valence-corrected chi connectivity index (χ2v) is 7.49. The number of carbonyl (C=O) groups excluding carboxylic acids is 1. The van der Waals surface area contributed by atoms with Gasteiger partial charge >= 0.3 is 5.97 Å². The van der Waals surface area contributed by atoms with Crippen LogP contribution < -0.4 is 4.90 Å². The predicted octanol–water partition coefficient (Wildman–Crippen LogP) is 1.91. The molecule has 1 N–H and O–H groups in total. The lowest BCUT2D eigenvalue weighted by Crippen LogP contribution is -2.51. The van der Waals surface area contributed by atoms with Crippen LogP contribution in [0.5, 0.6) is 0 Å². The van der Waals surface area contributed by atoms with E-state index >= 15 is 0 Å². The van der Waals surface area contributed by atoms with Crippen molar-refractivity contribution in [3.63, 3.8) is 0 Å². The van der Waals surface area contributed by atoms with Gasteiger partial charge in [-0.25, -0.2) is 0 Å². The summed E-state index contributed by atoms with van der Waals surface area (Å²) >= 11 is 0. The minimum atomic E-state index is -0.738. The summed E-state index contributed by atoms with van der Waals surface area (Å²) in [4.78, 5) is 30.0. The van der Waals surface area contributed by atoms with Crippen molar-refractivity contribution in [1.29, 1.82) is 0 Å². The van der Waals surface area contributed by atoms with Crippen LogP contribution in [0.2, 0.25) is 0 Å². The number of aliphatic carboxylic acids is 1. The first-order valence-electron chi connectivity index (χ1n) is 9.55. The number of piperidine rings is 2. The lowest BCUT2D eigenvalue weighted by Gasteiger charge is -2.39. The molecule has 6 nitrogen and oxygen atoms in total. The number of carbonyl (C=O) groups is 2. The van der Waals surface area contributed by atoms with E-state index in [1.165, 1.54) is 5.69 Å². The number of carboxylic acids is 1. The Balaban J connectivity index is 1.50. The molecule has 6 heteroatoms. The molecule has 1 aromatic carbocycles. The van der Waals surface area contributed by atoms with Crippen molar-refractivity contribution in [2.45, 2.75) is 31.7 Å². The van der Waals surface area contributed by atoms with E-state index in [-0.39, 0.29) is 11.8 Å². The molecule has 0 aliphatic carbocycles. The molecule has 0 bridgehead atoms. The molecule has 2 aliphatic heterocycles. The molecule has 1 atom stereocenters. The van der Waals surface area contributed by atoms with E-state index in [4.69, 9.17) is 5.11 Å². The minimum absolute atomic E-state index is 0.119. The summed E-state index contributed by atoms with van der Waals surface area (Å²) in [6, 6.07) is 10.8. The van der Waals surface area contributed by atoms with E-state index in [9.17, 15) is 9.59 Å². The van der Waals surface area contributed by atoms with Gasteiger partial charge < -0.3 is 14.9 Å². The van der Waals surface area contributed by atoms with Crippen LogP contribution in [0.1, 0.15) is 25.7 Å². The SMILES string of the molecule is CN(CC(=O)N1CCC(C(=O)O)CC1)[C@H]1CCCN(c2ccccc2)C1. The highest BCUT2D eigenvalue weighted by Crippen LogP contribution is 2.22. The van der Waals surface area contributed by atoms with Crippen LogP contribution >= 0.6 is 0 Å². The normalized spacial score (nSPS) is 21.8.